The summed E-state index contributed by atoms with van der Waals surface area (Å²) in [4.78, 5) is 0. The van der Waals surface area contributed by atoms with Gasteiger partial charge in [-0.15, -0.1) is 0 Å². The van der Waals surface area contributed by atoms with Crippen molar-refractivity contribution in [2.24, 2.45) is 0 Å². The third-order valence-electron chi connectivity index (χ3n) is 2.63. The molecule has 1 rings (SSSR count). The Balaban J connectivity index is 2.64. The first-order valence-corrected chi connectivity index (χ1v) is 8.94. The number of hydrogen-bond donors (Lipinski definition) is 1. The van der Waals surface area contributed by atoms with Crippen LogP contribution in [0, 0.1) is 0 Å². The molecule has 0 unspecified atom stereocenters. The van der Waals surface area contributed by atoms with Crippen molar-refractivity contribution in [2.75, 3.05) is 18.3 Å². The van der Waals surface area contributed by atoms with Gasteiger partial charge in [-0.1, -0.05) is 38.3 Å². The molecule has 1 aromatic carbocycles. The van der Waals surface area contributed by atoms with Crippen molar-refractivity contribution in [1.29, 1.82) is 0 Å². The van der Waals surface area contributed by atoms with Gasteiger partial charge >= 0.3 is 7.75 Å². The molecule has 0 fully saturated rings. The van der Waals surface area contributed by atoms with E-state index >= 15 is 0 Å². The van der Waals surface area contributed by atoms with Gasteiger partial charge in [0, 0.05) is 10.7 Å². The van der Waals surface area contributed by atoms with Gasteiger partial charge in [0.2, 0.25) is 0 Å². The highest BCUT2D eigenvalue weighted by Crippen LogP contribution is 2.48. The molecule has 1 N–H and O–H groups in total. The summed E-state index contributed by atoms with van der Waals surface area (Å²) in [6.07, 6.45) is 3.67. The van der Waals surface area contributed by atoms with Crippen LogP contribution >= 0.6 is 19.3 Å². The monoisotopic (exact) mass is 319 g/mol. The smallest absolute Gasteiger partial charge is 0.293 e. The van der Waals surface area contributed by atoms with Crippen molar-refractivity contribution in [3.63, 3.8) is 0 Å². The molecule has 0 atom stereocenters. The number of nitrogens with one attached hydrogen (secondary N) is 1. The Labute approximate surface area is 126 Å². The molecule has 0 aliphatic rings. The van der Waals surface area contributed by atoms with Gasteiger partial charge in [0.05, 0.1) is 13.2 Å². The SMILES string of the molecule is CCCCOP(=O)(Nc1ccc(Cl)cc1)OCCCC. The lowest BCUT2D eigenvalue weighted by atomic mass is 10.3. The Kier molecular flexibility index (Phi) is 8.24. The molecule has 0 bridgehead atoms. The van der Waals surface area contributed by atoms with Crippen LogP contribution in [0.15, 0.2) is 24.3 Å². The van der Waals surface area contributed by atoms with Gasteiger partial charge in [-0.25, -0.2) is 4.57 Å². The van der Waals surface area contributed by atoms with Crippen LogP contribution in [0.4, 0.5) is 5.69 Å². The van der Waals surface area contributed by atoms with Gasteiger partial charge in [0.15, 0.2) is 0 Å². The summed E-state index contributed by atoms with van der Waals surface area (Å²) >= 11 is 5.83. The average Bonchev–Trinajstić information content (AvgIpc) is 2.42. The van der Waals surface area contributed by atoms with Gasteiger partial charge in [0.1, 0.15) is 0 Å². The van der Waals surface area contributed by atoms with Crippen molar-refractivity contribution in [2.45, 2.75) is 39.5 Å². The van der Waals surface area contributed by atoms with Gasteiger partial charge in [-0.3, -0.25) is 14.1 Å². The largest absolute Gasteiger partial charge is 0.432 e. The average molecular weight is 320 g/mol. The Hall–Kier alpha value is -0.540. The van der Waals surface area contributed by atoms with Gasteiger partial charge in [-0.2, -0.15) is 0 Å². The molecule has 20 heavy (non-hydrogen) atoms. The second-order valence-corrected chi connectivity index (χ2v) is 6.66. The summed E-state index contributed by atoms with van der Waals surface area (Å²) in [6, 6.07) is 6.96. The number of hydrogen-bond acceptors (Lipinski definition) is 3. The van der Waals surface area contributed by atoms with Crippen molar-refractivity contribution >= 4 is 25.0 Å². The summed E-state index contributed by atoms with van der Waals surface area (Å²) in [6.45, 7) is 4.94. The van der Waals surface area contributed by atoms with Crippen LogP contribution in [0.1, 0.15) is 39.5 Å². The molecule has 0 radical (unpaired) electrons. The van der Waals surface area contributed by atoms with E-state index in [1.54, 1.807) is 24.3 Å². The summed E-state index contributed by atoms with van der Waals surface area (Å²) in [5, 5.41) is 3.48. The lowest BCUT2D eigenvalue weighted by Gasteiger charge is -2.20. The fraction of sp³-hybridized carbons (Fsp3) is 0.571. The summed E-state index contributed by atoms with van der Waals surface area (Å²) in [7, 11) is -3.31. The molecule has 0 aliphatic carbocycles. The standard InChI is InChI=1S/C14H23ClNO3P/c1-3-5-11-18-20(17,19-12-6-4-2)16-14-9-7-13(15)8-10-14/h7-10H,3-6,11-12H2,1-2H3,(H,16,17). The zero-order valence-electron chi connectivity index (χ0n) is 12.1. The fourth-order valence-electron chi connectivity index (χ4n) is 1.44. The van der Waals surface area contributed by atoms with Crippen LogP contribution in [-0.2, 0) is 13.6 Å². The van der Waals surface area contributed by atoms with Crippen LogP contribution in [-0.4, -0.2) is 13.2 Å². The number of halogens is 1. The molecule has 0 saturated heterocycles. The first-order chi connectivity index (χ1) is 9.59. The predicted molar refractivity (Wildman–Crippen MR) is 84.4 cm³/mol. The zero-order chi connectivity index (χ0) is 14.8. The van der Waals surface area contributed by atoms with Crippen LogP contribution < -0.4 is 5.09 Å². The second-order valence-electron chi connectivity index (χ2n) is 4.49. The Morgan fingerprint density at radius 2 is 1.55 bits per heavy atom. The van der Waals surface area contributed by atoms with E-state index in [0.717, 1.165) is 25.7 Å². The molecule has 0 spiro atoms. The molecule has 4 nitrogen and oxygen atoms in total. The second kappa shape index (κ2) is 9.41. The maximum Gasteiger partial charge on any atom is 0.432 e. The molecule has 1 aromatic rings. The molecule has 0 aromatic heterocycles. The maximum absolute atomic E-state index is 12.6. The summed E-state index contributed by atoms with van der Waals surface area (Å²) in [5.74, 6) is 0. The van der Waals surface area contributed by atoms with Crippen molar-refractivity contribution < 1.29 is 13.6 Å². The lowest BCUT2D eigenvalue weighted by Crippen LogP contribution is -2.07. The highest BCUT2D eigenvalue weighted by molar-refractivity contribution is 7.55. The minimum Gasteiger partial charge on any atom is -0.293 e. The van der Waals surface area contributed by atoms with E-state index in [-0.39, 0.29) is 0 Å². The third kappa shape index (κ3) is 6.76. The van der Waals surface area contributed by atoms with Crippen LogP contribution in [0.25, 0.3) is 0 Å². The first kappa shape index (κ1) is 17.5. The molecule has 0 aliphatic heterocycles. The van der Waals surface area contributed by atoms with Gasteiger partial charge in [-0.05, 0) is 37.1 Å². The van der Waals surface area contributed by atoms with E-state index < -0.39 is 7.75 Å². The van der Waals surface area contributed by atoms with E-state index in [1.807, 2.05) is 0 Å². The van der Waals surface area contributed by atoms with E-state index in [2.05, 4.69) is 18.9 Å². The molecule has 0 saturated carbocycles. The molecule has 0 amide bonds. The Bertz CT molecular complexity index is 411. The summed E-state index contributed by atoms with van der Waals surface area (Å²) < 4.78 is 23.5. The highest BCUT2D eigenvalue weighted by Gasteiger charge is 2.24. The van der Waals surface area contributed by atoms with E-state index in [9.17, 15) is 4.57 Å². The van der Waals surface area contributed by atoms with Crippen LogP contribution in [0.2, 0.25) is 5.02 Å². The van der Waals surface area contributed by atoms with Crippen LogP contribution in [0.5, 0.6) is 0 Å². The Morgan fingerprint density at radius 3 is 2.00 bits per heavy atom. The van der Waals surface area contributed by atoms with Gasteiger partial charge in [0.25, 0.3) is 0 Å². The fourth-order valence-corrected chi connectivity index (χ4v) is 2.98. The van der Waals surface area contributed by atoms with E-state index in [0.29, 0.717) is 23.9 Å². The molecular formula is C14H23ClNO3P. The third-order valence-corrected chi connectivity index (χ3v) is 4.46. The topological polar surface area (TPSA) is 47.6 Å². The number of unbranched alkanes of at least 4 members (excludes halogenated alkanes) is 2. The lowest BCUT2D eigenvalue weighted by molar-refractivity contribution is 0.204. The quantitative estimate of drug-likeness (QED) is 0.457. The molecular weight excluding hydrogens is 297 g/mol. The van der Waals surface area contributed by atoms with E-state index in [1.165, 1.54) is 0 Å². The zero-order valence-corrected chi connectivity index (χ0v) is 13.8. The van der Waals surface area contributed by atoms with Crippen LogP contribution in [0.3, 0.4) is 0 Å². The minimum atomic E-state index is -3.31. The van der Waals surface area contributed by atoms with Crippen molar-refractivity contribution in [3.8, 4) is 0 Å². The van der Waals surface area contributed by atoms with Gasteiger partial charge < -0.3 is 0 Å². The predicted octanol–water partition coefficient (Wildman–Crippen LogP) is 5.49. The minimum absolute atomic E-state index is 0.417. The molecule has 6 heteroatoms. The highest BCUT2D eigenvalue weighted by atomic mass is 35.5. The van der Waals surface area contributed by atoms with Crippen molar-refractivity contribution in [3.05, 3.63) is 29.3 Å². The number of rotatable bonds is 10. The summed E-state index contributed by atoms with van der Waals surface area (Å²) in [5.41, 5.74) is 0.672. The normalized spacial score (nSPS) is 11.6. The number of anilines is 1. The molecule has 0 heterocycles. The maximum atomic E-state index is 12.6. The number of benzene rings is 1. The van der Waals surface area contributed by atoms with Crippen molar-refractivity contribution in [1.82, 2.24) is 0 Å². The first-order valence-electron chi connectivity index (χ1n) is 7.02. The van der Waals surface area contributed by atoms with E-state index in [4.69, 9.17) is 20.6 Å². The molecule has 114 valence electrons. The Morgan fingerprint density at radius 1 is 1.05 bits per heavy atom.